The number of amides is 2. The fourth-order valence-corrected chi connectivity index (χ4v) is 1.31. The van der Waals surface area contributed by atoms with Gasteiger partial charge in [0.25, 0.3) is 0 Å². The summed E-state index contributed by atoms with van der Waals surface area (Å²) in [6.07, 6.45) is 4.68. The molecule has 2 amide bonds. The zero-order valence-corrected chi connectivity index (χ0v) is 10.8. The molecule has 0 bridgehead atoms. The highest BCUT2D eigenvalue weighted by Gasteiger charge is 2.18. The first kappa shape index (κ1) is 15.5. The number of rotatable bonds is 7. The molecule has 0 aromatic carbocycles. The molecular weight excluding hydrogens is 220 g/mol. The van der Waals surface area contributed by atoms with E-state index in [0.717, 1.165) is 6.42 Å². The number of carboxylic acid groups (broad SMARTS) is 1. The van der Waals surface area contributed by atoms with Crippen molar-refractivity contribution >= 4 is 12.0 Å². The second kappa shape index (κ2) is 8.61. The average molecular weight is 242 g/mol. The van der Waals surface area contributed by atoms with E-state index in [1.807, 2.05) is 26.0 Å². The van der Waals surface area contributed by atoms with E-state index in [2.05, 4.69) is 5.32 Å². The van der Waals surface area contributed by atoms with E-state index in [0.29, 0.717) is 13.1 Å². The summed E-state index contributed by atoms with van der Waals surface area (Å²) in [7, 11) is 0. The third-order valence-corrected chi connectivity index (χ3v) is 2.41. The van der Waals surface area contributed by atoms with Gasteiger partial charge in [-0.15, -0.1) is 0 Å². The second-order valence-electron chi connectivity index (χ2n) is 3.87. The molecule has 0 heterocycles. The standard InChI is InChI=1S/C12H22N2O3/c1-4-6-7-8-13-12(17)14(5-2)9-10(3)11(15)16/h4,6,10H,5,7-9H2,1-3H3,(H,13,17)(H,15,16)/b6-4+. The first-order valence-electron chi connectivity index (χ1n) is 5.89. The van der Waals surface area contributed by atoms with Crippen molar-refractivity contribution in [1.29, 1.82) is 0 Å². The van der Waals surface area contributed by atoms with Crippen LogP contribution in [0.25, 0.3) is 0 Å². The van der Waals surface area contributed by atoms with Crippen LogP contribution < -0.4 is 5.32 Å². The molecular formula is C12H22N2O3. The van der Waals surface area contributed by atoms with Gasteiger partial charge in [0.1, 0.15) is 0 Å². The molecule has 0 fully saturated rings. The van der Waals surface area contributed by atoms with Crippen molar-refractivity contribution in [2.45, 2.75) is 27.2 Å². The largest absolute Gasteiger partial charge is 0.481 e. The Hall–Kier alpha value is -1.52. The maximum absolute atomic E-state index is 11.7. The highest BCUT2D eigenvalue weighted by atomic mass is 16.4. The van der Waals surface area contributed by atoms with Gasteiger partial charge in [-0.1, -0.05) is 19.1 Å². The molecule has 0 spiro atoms. The molecule has 1 unspecified atom stereocenters. The zero-order valence-electron chi connectivity index (χ0n) is 10.8. The number of carboxylic acids is 1. The van der Waals surface area contributed by atoms with Crippen molar-refractivity contribution in [3.05, 3.63) is 12.2 Å². The molecule has 0 rings (SSSR count). The maximum atomic E-state index is 11.7. The lowest BCUT2D eigenvalue weighted by molar-refractivity contribution is -0.141. The average Bonchev–Trinajstić information content (AvgIpc) is 2.30. The van der Waals surface area contributed by atoms with E-state index in [4.69, 9.17) is 5.11 Å². The number of carbonyl (C=O) groups is 2. The number of allylic oxidation sites excluding steroid dienone is 1. The van der Waals surface area contributed by atoms with Gasteiger partial charge in [0.05, 0.1) is 5.92 Å². The van der Waals surface area contributed by atoms with E-state index < -0.39 is 11.9 Å². The summed E-state index contributed by atoms with van der Waals surface area (Å²) in [6, 6.07) is -0.204. The Balaban J connectivity index is 4.07. The first-order chi connectivity index (χ1) is 8.02. The molecule has 17 heavy (non-hydrogen) atoms. The lowest BCUT2D eigenvalue weighted by Crippen LogP contribution is -2.43. The summed E-state index contributed by atoms with van der Waals surface area (Å²) in [5.74, 6) is -1.43. The Morgan fingerprint density at radius 2 is 2.12 bits per heavy atom. The van der Waals surface area contributed by atoms with Crippen LogP contribution >= 0.6 is 0 Å². The van der Waals surface area contributed by atoms with Crippen LogP contribution in [0.5, 0.6) is 0 Å². The minimum absolute atomic E-state index is 0.204. The first-order valence-corrected chi connectivity index (χ1v) is 5.89. The molecule has 98 valence electrons. The third kappa shape index (κ3) is 6.60. The summed E-state index contributed by atoms with van der Waals surface area (Å²) in [4.78, 5) is 23.9. The number of hydrogen-bond donors (Lipinski definition) is 2. The van der Waals surface area contributed by atoms with E-state index >= 15 is 0 Å². The van der Waals surface area contributed by atoms with Crippen molar-refractivity contribution in [3.8, 4) is 0 Å². The quantitative estimate of drug-likeness (QED) is 0.527. The van der Waals surface area contributed by atoms with Crippen LogP contribution in [0.4, 0.5) is 4.79 Å². The van der Waals surface area contributed by atoms with Crippen LogP contribution in [0.15, 0.2) is 12.2 Å². The SMILES string of the molecule is C/C=C/CCNC(=O)N(CC)CC(C)C(=O)O. The van der Waals surface area contributed by atoms with E-state index in [-0.39, 0.29) is 12.6 Å². The van der Waals surface area contributed by atoms with Crippen molar-refractivity contribution in [2.75, 3.05) is 19.6 Å². The molecule has 2 N–H and O–H groups in total. The Morgan fingerprint density at radius 1 is 1.47 bits per heavy atom. The fraction of sp³-hybridized carbons (Fsp3) is 0.667. The smallest absolute Gasteiger partial charge is 0.317 e. The predicted molar refractivity (Wildman–Crippen MR) is 66.9 cm³/mol. The number of nitrogens with zero attached hydrogens (tertiary/aromatic N) is 1. The molecule has 0 aliphatic heterocycles. The van der Waals surface area contributed by atoms with Crippen LogP contribution in [0, 0.1) is 5.92 Å². The lowest BCUT2D eigenvalue weighted by atomic mass is 10.2. The number of urea groups is 1. The van der Waals surface area contributed by atoms with E-state index in [1.165, 1.54) is 4.90 Å². The van der Waals surface area contributed by atoms with Crippen LogP contribution in [0.2, 0.25) is 0 Å². The normalized spacial score (nSPS) is 12.4. The van der Waals surface area contributed by atoms with Gasteiger partial charge in [0.2, 0.25) is 0 Å². The van der Waals surface area contributed by atoms with Gasteiger partial charge in [0, 0.05) is 19.6 Å². The second-order valence-corrected chi connectivity index (χ2v) is 3.87. The minimum atomic E-state index is -0.884. The van der Waals surface area contributed by atoms with Crippen molar-refractivity contribution in [1.82, 2.24) is 10.2 Å². The molecule has 5 heteroatoms. The van der Waals surface area contributed by atoms with Gasteiger partial charge in [-0.2, -0.15) is 0 Å². The summed E-state index contributed by atoms with van der Waals surface area (Å²) >= 11 is 0. The molecule has 0 radical (unpaired) electrons. The van der Waals surface area contributed by atoms with Gasteiger partial charge in [-0.3, -0.25) is 4.79 Å². The Labute approximate surface area is 102 Å². The topological polar surface area (TPSA) is 69.6 Å². The zero-order chi connectivity index (χ0) is 13.3. The van der Waals surface area contributed by atoms with Crippen molar-refractivity contribution in [3.63, 3.8) is 0 Å². The third-order valence-electron chi connectivity index (χ3n) is 2.41. The van der Waals surface area contributed by atoms with Crippen LogP contribution in [-0.4, -0.2) is 41.6 Å². The van der Waals surface area contributed by atoms with E-state index in [9.17, 15) is 9.59 Å². The van der Waals surface area contributed by atoms with Gasteiger partial charge in [-0.25, -0.2) is 4.79 Å². The fourth-order valence-electron chi connectivity index (χ4n) is 1.31. The molecule has 0 saturated carbocycles. The van der Waals surface area contributed by atoms with Gasteiger partial charge in [-0.05, 0) is 20.3 Å². The van der Waals surface area contributed by atoms with Crippen LogP contribution in [-0.2, 0) is 4.79 Å². The highest BCUT2D eigenvalue weighted by molar-refractivity contribution is 5.75. The number of carbonyl (C=O) groups excluding carboxylic acids is 1. The van der Waals surface area contributed by atoms with Crippen molar-refractivity contribution in [2.24, 2.45) is 5.92 Å². The monoisotopic (exact) mass is 242 g/mol. The lowest BCUT2D eigenvalue weighted by Gasteiger charge is -2.23. The Morgan fingerprint density at radius 3 is 2.59 bits per heavy atom. The summed E-state index contributed by atoms with van der Waals surface area (Å²) in [5.41, 5.74) is 0. The summed E-state index contributed by atoms with van der Waals surface area (Å²) < 4.78 is 0. The molecule has 0 aliphatic rings. The number of aliphatic carboxylic acids is 1. The molecule has 0 aromatic rings. The molecule has 0 aliphatic carbocycles. The predicted octanol–water partition coefficient (Wildman–Crippen LogP) is 1.70. The highest BCUT2D eigenvalue weighted by Crippen LogP contribution is 2.00. The molecule has 0 aromatic heterocycles. The molecule has 5 nitrogen and oxygen atoms in total. The number of nitrogens with one attached hydrogen (secondary N) is 1. The molecule has 0 saturated heterocycles. The number of hydrogen-bond acceptors (Lipinski definition) is 2. The van der Waals surface area contributed by atoms with Gasteiger partial charge in [0.15, 0.2) is 0 Å². The van der Waals surface area contributed by atoms with Gasteiger partial charge >= 0.3 is 12.0 Å². The summed E-state index contributed by atoms with van der Waals surface area (Å²) in [5, 5.41) is 11.5. The van der Waals surface area contributed by atoms with E-state index in [1.54, 1.807) is 6.92 Å². The Bertz CT molecular complexity index is 277. The van der Waals surface area contributed by atoms with Crippen LogP contribution in [0.3, 0.4) is 0 Å². The van der Waals surface area contributed by atoms with Crippen molar-refractivity contribution < 1.29 is 14.7 Å². The maximum Gasteiger partial charge on any atom is 0.317 e. The van der Waals surface area contributed by atoms with Gasteiger partial charge < -0.3 is 15.3 Å². The minimum Gasteiger partial charge on any atom is -0.481 e. The summed E-state index contributed by atoms with van der Waals surface area (Å²) in [6.45, 7) is 6.67. The van der Waals surface area contributed by atoms with Crippen LogP contribution in [0.1, 0.15) is 27.2 Å². The Kier molecular flexibility index (Phi) is 7.84. The molecule has 1 atom stereocenters.